The molecule has 0 aromatic carbocycles. The molecule has 7 heteroatoms. The molecule has 3 aromatic heterocycles. The van der Waals surface area contributed by atoms with Crippen molar-refractivity contribution in [2.75, 3.05) is 11.9 Å². The first-order chi connectivity index (χ1) is 10.2. The van der Waals surface area contributed by atoms with Crippen LogP contribution in [0.2, 0.25) is 0 Å². The Morgan fingerprint density at radius 3 is 2.90 bits per heavy atom. The van der Waals surface area contributed by atoms with Crippen LogP contribution in [0, 0.1) is 6.92 Å². The number of aromatic nitrogens is 4. The molecule has 0 aliphatic carbocycles. The lowest BCUT2D eigenvalue weighted by atomic mass is 10.3. The molecule has 0 unspecified atom stereocenters. The Hall–Kier alpha value is -2.15. The van der Waals surface area contributed by atoms with Crippen LogP contribution in [0.5, 0.6) is 11.6 Å². The van der Waals surface area contributed by atoms with E-state index in [1.54, 1.807) is 17.5 Å². The maximum absolute atomic E-state index is 5.91. The van der Waals surface area contributed by atoms with Crippen LogP contribution in [0.15, 0.2) is 18.5 Å². The van der Waals surface area contributed by atoms with Crippen molar-refractivity contribution in [3.63, 3.8) is 0 Å². The minimum Gasteiger partial charge on any atom is -0.435 e. The zero-order valence-electron chi connectivity index (χ0n) is 12.3. The summed E-state index contributed by atoms with van der Waals surface area (Å²) in [6.07, 6.45) is 3.56. The number of thiophene rings is 1. The molecule has 0 bridgehead atoms. The summed E-state index contributed by atoms with van der Waals surface area (Å²) >= 11 is 1.63. The smallest absolute Gasteiger partial charge is 0.233 e. The second kappa shape index (κ2) is 5.69. The molecule has 0 atom stereocenters. The molecule has 0 spiro atoms. The van der Waals surface area contributed by atoms with E-state index in [9.17, 15) is 0 Å². The SMILES string of the molecule is CCNc1nc(Oc2cnn(CC)c2)c2cc(C)sc2n1. The third kappa shape index (κ3) is 2.82. The molecule has 1 N–H and O–H groups in total. The van der Waals surface area contributed by atoms with E-state index in [1.165, 1.54) is 4.88 Å². The Balaban J connectivity index is 2.02. The Labute approximate surface area is 126 Å². The summed E-state index contributed by atoms with van der Waals surface area (Å²) in [5.74, 6) is 1.84. The van der Waals surface area contributed by atoms with Gasteiger partial charge in [-0.2, -0.15) is 10.1 Å². The lowest BCUT2D eigenvalue weighted by Crippen LogP contribution is -2.02. The van der Waals surface area contributed by atoms with E-state index >= 15 is 0 Å². The number of aryl methyl sites for hydroxylation is 2. The molecule has 3 aromatic rings. The van der Waals surface area contributed by atoms with Gasteiger partial charge in [-0.25, -0.2) is 4.98 Å². The van der Waals surface area contributed by atoms with Crippen LogP contribution in [0.1, 0.15) is 18.7 Å². The highest BCUT2D eigenvalue weighted by Crippen LogP contribution is 2.33. The minimum atomic E-state index is 0.566. The summed E-state index contributed by atoms with van der Waals surface area (Å²) in [4.78, 5) is 11.1. The quantitative estimate of drug-likeness (QED) is 0.782. The monoisotopic (exact) mass is 303 g/mol. The zero-order valence-corrected chi connectivity index (χ0v) is 13.1. The molecule has 6 nitrogen and oxygen atoms in total. The van der Waals surface area contributed by atoms with Crippen molar-refractivity contribution in [2.24, 2.45) is 0 Å². The molecule has 3 heterocycles. The first kappa shape index (κ1) is 13.8. The molecule has 110 valence electrons. The average molecular weight is 303 g/mol. The van der Waals surface area contributed by atoms with Crippen LogP contribution >= 0.6 is 11.3 Å². The van der Waals surface area contributed by atoms with E-state index in [2.05, 4.69) is 33.4 Å². The van der Waals surface area contributed by atoms with Gasteiger partial charge in [0.15, 0.2) is 5.75 Å². The Morgan fingerprint density at radius 1 is 1.33 bits per heavy atom. The van der Waals surface area contributed by atoms with Crippen LogP contribution in [0.25, 0.3) is 10.2 Å². The molecule has 0 saturated carbocycles. The van der Waals surface area contributed by atoms with E-state index < -0.39 is 0 Å². The van der Waals surface area contributed by atoms with Crippen molar-refractivity contribution in [3.05, 3.63) is 23.3 Å². The van der Waals surface area contributed by atoms with Crippen LogP contribution in [-0.2, 0) is 6.54 Å². The number of nitrogens with zero attached hydrogens (tertiary/aromatic N) is 4. The number of hydrogen-bond donors (Lipinski definition) is 1. The number of nitrogens with one attached hydrogen (secondary N) is 1. The van der Waals surface area contributed by atoms with E-state index in [0.717, 1.165) is 23.3 Å². The summed E-state index contributed by atoms with van der Waals surface area (Å²) in [7, 11) is 0. The van der Waals surface area contributed by atoms with Crippen LogP contribution in [0.3, 0.4) is 0 Å². The highest BCUT2D eigenvalue weighted by Gasteiger charge is 2.13. The van der Waals surface area contributed by atoms with Crippen molar-refractivity contribution in [1.82, 2.24) is 19.7 Å². The number of rotatable bonds is 5. The topological polar surface area (TPSA) is 64.9 Å². The van der Waals surface area contributed by atoms with Gasteiger partial charge in [-0.1, -0.05) is 0 Å². The highest BCUT2D eigenvalue weighted by molar-refractivity contribution is 7.18. The standard InChI is InChI=1S/C14H17N5OS/c1-4-15-14-17-12(11-6-9(3)21-13(11)18-14)20-10-7-16-19(5-2)8-10/h6-8H,4-5H2,1-3H3,(H,15,17,18). The van der Waals surface area contributed by atoms with Crippen molar-refractivity contribution >= 4 is 27.5 Å². The minimum absolute atomic E-state index is 0.566. The third-order valence-corrected chi connectivity index (χ3v) is 3.91. The van der Waals surface area contributed by atoms with E-state index in [-0.39, 0.29) is 0 Å². The molecule has 0 fully saturated rings. The van der Waals surface area contributed by atoms with Crippen molar-refractivity contribution in [2.45, 2.75) is 27.3 Å². The van der Waals surface area contributed by atoms with Crippen LogP contribution in [-0.4, -0.2) is 26.3 Å². The fourth-order valence-electron chi connectivity index (χ4n) is 2.01. The van der Waals surface area contributed by atoms with Gasteiger partial charge in [0.05, 0.1) is 17.8 Å². The maximum atomic E-state index is 5.91. The second-order valence-electron chi connectivity index (χ2n) is 4.59. The lowest BCUT2D eigenvalue weighted by Gasteiger charge is -2.06. The summed E-state index contributed by atoms with van der Waals surface area (Å²) in [6, 6.07) is 2.05. The van der Waals surface area contributed by atoms with Crippen LogP contribution < -0.4 is 10.1 Å². The zero-order chi connectivity index (χ0) is 14.8. The Morgan fingerprint density at radius 2 is 2.19 bits per heavy atom. The Bertz CT molecular complexity index is 764. The summed E-state index contributed by atoms with van der Waals surface area (Å²) in [6.45, 7) is 7.67. The fourth-order valence-corrected chi connectivity index (χ4v) is 2.88. The van der Waals surface area contributed by atoms with Gasteiger partial charge in [0.1, 0.15) is 4.83 Å². The van der Waals surface area contributed by atoms with Gasteiger partial charge >= 0.3 is 0 Å². The maximum Gasteiger partial charge on any atom is 0.233 e. The number of fused-ring (bicyclic) bond motifs is 1. The average Bonchev–Trinajstić information content (AvgIpc) is 3.05. The molecule has 0 saturated heterocycles. The van der Waals surface area contributed by atoms with Gasteiger partial charge in [0.2, 0.25) is 11.8 Å². The molecule has 0 aliphatic rings. The number of hydrogen-bond acceptors (Lipinski definition) is 6. The molecule has 0 radical (unpaired) electrons. The molecular weight excluding hydrogens is 286 g/mol. The lowest BCUT2D eigenvalue weighted by molar-refractivity contribution is 0.468. The second-order valence-corrected chi connectivity index (χ2v) is 5.83. The predicted octanol–water partition coefficient (Wildman–Crippen LogP) is 3.44. The van der Waals surface area contributed by atoms with Gasteiger partial charge in [-0.05, 0) is 26.8 Å². The number of anilines is 1. The van der Waals surface area contributed by atoms with Crippen molar-refractivity contribution in [1.29, 1.82) is 0 Å². The third-order valence-electron chi connectivity index (χ3n) is 2.96. The van der Waals surface area contributed by atoms with Crippen molar-refractivity contribution < 1.29 is 4.74 Å². The predicted molar refractivity (Wildman–Crippen MR) is 84.3 cm³/mol. The van der Waals surface area contributed by atoms with Gasteiger partial charge in [-0.15, -0.1) is 11.3 Å². The van der Waals surface area contributed by atoms with Crippen molar-refractivity contribution in [3.8, 4) is 11.6 Å². The molecular formula is C14H17N5OS. The fraction of sp³-hybridized carbons (Fsp3) is 0.357. The van der Waals surface area contributed by atoms with E-state index in [0.29, 0.717) is 17.6 Å². The van der Waals surface area contributed by atoms with E-state index in [4.69, 9.17) is 4.74 Å². The number of ether oxygens (including phenoxy) is 1. The molecule has 0 aliphatic heterocycles. The molecule has 3 rings (SSSR count). The largest absolute Gasteiger partial charge is 0.435 e. The normalized spacial score (nSPS) is 11.0. The van der Waals surface area contributed by atoms with Gasteiger partial charge in [0.25, 0.3) is 0 Å². The van der Waals surface area contributed by atoms with Crippen LogP contribution in [0.4, 0.5) is 5.95 Å². The first-order valence-electron chi connectivity index (χ1n) is 6.92. The molecule has 0 amide bonds. The van der Waals surface area contributed by atoms with Gasteiger partial charge in [-0.3, -0.25) is 4.68 Å². The Kier molecular flexibility index (Phi) is 3.74. The molecule has 21 heavy (non-hydrogen) atoms. The van der Waals surface area contributed by atoms with Gasteiger partial charge < -0.3 is 10.1 Å². The summed E-state index contributed by atoms with van der Waals surface area (Å²) < 4.78 is 7.72. The highest BCUT2D eigenvalue weighted by atomic mass is 32.1. The van der Waals surface area contributed by atoms with E-state index in [1.807, 2.05) is 24.7 Å². The first-order valence-corrected chi connectivity index (χ1v) is 7.73. The van der Waals surface area contributed by atoms with Gasteiger partial charge in [0, 0.05) is 18.0 Å². The summed E-state index contributed by atoms with van der Waals surface area (Å²) in [5.41, 5.74) is 0. The summed E-state index contributed by atoms with van der Waals surface area (Å²) in [5, 5.41) is 8.28.